The van der Waals surface area contributed by atoms with Crippen molar-refractivity contribution in [3.63, 3.8) is 0 Å². The molecule has 34 heteroatoms. The molecule has 496 valence electrons. The van der Waals surface area contributed by atoms with Crippen LogP contribution in [0, 0.1) is 25.5 Å². The predicted octanol–water partition coefficient (Wildman–Crippen LogP) is 12.8. The molecular weight excluding hydrogens is 1430 g/mol. The molecule has 0 unspecified atom stereocenters. The molecular formula is C58H57Cl2F13N10O6S2Sn. The molecule has 0 amide bonds. The molecule has 0 N–H and O–H groups in total. The Morgan fingerprint density at radius 3 is 1.25 bits per heavy atom. The van der Waals surface area contributed by atoms with Gasteiger partial charge in [-0.05, 0) is 123 Å². The van der Waals surface area contributed by atoms with Crippen molar-refractivity contribution < 1.29 is 83.5 Å². The van der Waals surface area contributed by atoms with Crippen molar-refractivity contribution in [1.29, 1.82) is 0 Å². The van der Waals surface area contributed by atoms with E-state index in [1.807, 2.05) is 6.92 Å². The van der Waals surface area contributed by atoms with Gasteiger partial charge in [0.15, 0.2) is 23.0 Å². The number of alkyl halides is 11. The number of nitrogens with zero attached hydrogens (tertiary/aromatic N) is 10. The van der Waals surface area contributed by atoms with Crippen LogP contribution in [0.3, 0.4) is 0 Å². The molecule has 2 aromatic carbocycles. The predicted molar refractivity (Wildman–Crippen MR) is 314 cm³/mol. The molecule has 9 rings (SSSR count). The monoisotopic (exact) mass is 1490 g/mol. The molecule has 2 saturated heterocycles. The summed E-state index contributed by atoms with van der Waals surface area (Å²) in [6.07, 6.45) is -8.42. The minimum atomic E-state index is -4.63. The molecule has 16 nitrogen and oxygen atoms in total. The van der Waals surface area contributed by atoms with E-state index in [0.29, 0.717) is 35.1 Å². The fraction of sp³-hybridized carbons (Fsp3) is 0.379. The van der Waals surface area contributed by atoms with Crippen LogP contribution in [0.5, 0.6) is 0 Å². The number of aryl methyl sites for hydroxylation is 4. The van der Waals surface area contributed by atoms with Crippen LogP contribution in [0.1, 0.15) is 78.9 Å². The summed E-state index contributed by atoms with van der Waals surface area (Å²) in [5, 5.41) is 0.245. The van der Waals surface area contributed by atoms with E-state index in [2.05, 4.69) is 54.7 Å². The van der Waals surface area contributed by atoms with Gasteiger partial charge in [0.2, 0.25) is 20.0 Å². The van der Waals surface area contributed by atoms with Crippen molar-refractivity contribution in [3.05, 3.63) is 172 Å². The van der Waals surface area contributed by atoms with E-state index >= 15 is 0 Å². The third-order valence-corrected chi connectivity index (χ3v) is 23.9. The Kier molecular flexibility index (Phi) is 24.6. The first kappa shape index (κ1) is 74.6. The summed E-state index contributed by atoms with van der Waals surface area (Å²) < 4.78 is 221. The van der Waals surface area contributed by atoms with Gasteiger partial charge in [-0.2, -0.15) is 35.0 Å². The van der Waals surface area contributed by atoms with Gasteiger partial charge in [0.05, 0.1) is 64.4 Å². The third-order valence-electron chi connectivity index (χ3n) is 14.4. The van der Waals surface area contributed by atoms with E-state index in [4.69, 9.17) is 23.2 Å². The van der Waals surface area contributed by atoms with Crippen molar-refractivity contribution in [3.8, 4) is 11.4 Å². The van der Waals surface area contributed by atoms with Gasteiger partial charge >= 0.3 is 96.7 Å². The van der Waals surface area contributed by atoms with Crippen molar-refractivity contribution in [2.75, 3.05) is 0 Å². The number of hydrogen-bond donors (Lipinski definition) is 0. The van der Waals surface area contributed by atoms with Crippen LogP contribution >= 0.6 is 23.2 Å². The number of carbonyl (C=O) groups excluding carboxylic acids is 2. The zero-order valence-electron chi connectivity index (χ0n) is 49.5. The first-order valence-corrected chi connectivity index (χ1v) is 41.1. The fourth-order valence-corrected chi connectivity index (χ4v) is 15.8. The normalized spacial score (nSPS) is 19.0. The quantitative estimate of drug-likeness (QED) is 0.0563. The summed E-state index contributed by atoms with van der Waals surface area (Å²) in [5.74, 6) is -2.07. The number of rotatable bonds is 14. The van der Waals surface area contributed by atoms with Gasteiger partial charge in [0.1, 0.15) is 40.0 Å². The molecule has 2 aliphatic rings. The molecule has 0 bridgehead atoms. The summed E-state index contributed by atoms with van der Waals surface area (Å²) in [6.45, 7) is 6.38. The maximum atomic E-state index is 14.6. The first-order valence-electron chi connectivity index (χ1n) is 27.4. The number of carbonyl (C=O) groups is 2. The van der Waals surface area contributed by atoms with Crippen LogP contribution in [0.2, 0.25) is 25.1 Å². The van der Waals surface area contributed by atoms with Crippen LogP contribution in [0.25, 0.3) is 11.4 Å². The number of pyridine rings is 2. The van der Waals surface area contributed by atoms with E-state index in [0.717, 1.165) is 90.6 Å². The number of ketones is 2. The molecule has 0 radical (unpaired) electrons. The van der Waals surface area contributed by atoms with Crippen LogP contribution in [-0.2, 0) is 61.0 Å². The van der Waals surface area contributed by atoms with Crippen LogP contribution in [0.4, 0.5) is 57.1 Å². The topological polar surface area (TPSA) is 212 Å². The molecule has 0 aliphatic carbocycles. The molecule has 0 spiro atoms. The molecule has 7 aromatic rings. The Bertz CT molecular complexity index is 3890. The van der Waals surface area contributed by atoms with Gasteiger partial charge in [-0.3, -0.25) is 19.6 Å². The molecule has 6 atom stereocenters. The molecule has 7 heterocycles. The van der Waals surface area contributed by atoms with E-state index in [9.17, 15) is 83.5 Å². The Balaban J connectivity index is 0.000000217. The summed E-state index contributed by atoms with van der Waals surface area (Å²) in [7, 11) is -8.43. The van der Waals surface area contributed by atoms with Gasteiger partial charge in [-0.1, -0.05) is 23.2 Å². The second kappa shape index (κ2) is 30.3. The Labute approximate surface area is 534 Å². The zero-order chi connectivity index (χ0) is 68.6. The number of sulfonamides is 2. The Morgan fingerprint density at radius 2 is 0.880 bits per heavy atom. The number of benzene rings is 2. The SMILES string of the molecule is Cc1cnc(-c2cnc(C(F)(F)F)cn2)cc1CCC(=O)[C@@H]1C[C@@H](F)[C@H](C)N1S(=O)(=O)c1ccc(F)cc1.Cc1cnc(Cl)cc1CCC(=O)[C@@H]1C[C@@H](F)[C@H](C)N1S(=O)(=O)c1ccc(F)cc1.FC(F)(F)c1cnc(Cl)cn1.[CH3][Sn]([CH3])([CH3])[c]1cnc(C(F)(F)F)cn1. The first-order chi connectivity index (χ1) is 42.6. The number of Topliss-reactive ketones (excluding diaryl/α,β-unsaturated/α-hetero) is 2. The van der Waals surface area contributed by atoms with E-state index in [1.165, 1.54) is 26.2 Å². The maximum absolute atomic E-state index is 14.6. The molecule has 92 heavy (non-hydrogen) atoms. The Morgan fingerprint density at radius 1 is 0.511 bits per heavy atom. The minimum absolute atomic E-state index is 0.0424. The number of aromatic nitrogens is 8. The van der Waals surface area contributed by atoms with Gasteiger partial charge in [0, 0.05) is 38.1 Å². The summed E-state index contributed by atoms with van der Waals surface area (Å²) in [5.41, 5.74) is 0.275. The second-order valence-electron chi connectivity index (χ2n) is 22.0. The summed E-state index contributed by atoms with van der Waals surface area (Å²) >= 11 is 8.76. The van der Waals surface area contributed by atoms with Gasteiger partial charge in [-0.25, -0.2) is 54.3 Å². The molecule has 2 aliphatic heterocycles. The van der Waals surface area contributed by atoms with Crippen LogP contribution < -0.4 is 3.71 Å². The second-order valence-corrected chi connectivity index (χ2v) is 40.8. The average molecular weight is 1490 g/mol. The number of hydrogen-bond acceptors (Lipinski definition) is 14. The van der Waals surface area contributed by atoms with E-state index < -0.39 is 128 Å². The van der Waals surface area contributed by atoms with E-state index in [1.54, 1.807) is 25.3 Å². The van der Waals surface area contributed by atoms with Crippen LogP contribution in [0.15, 0.2) is 120 Å². The summed E-state index contributed by atoms with van der Waals surface area (Å²) in [6, 6.07) is 7.17. The Hall–Kier alpha value is -6.39. The standard InChI is InChI=1S/C25H23F5N4O3S.C20H21ClF2N2O3S.C5H2ClF3N2.C5H2F3N2.3CH3.Sn/c1-14-11-31-20(21-12-33-24(13-32-21)25(28,29)30)9-16(14)3-8-23(35)22-10-19(27)15(2)34(22)38(36,37)18-6-4-17(26)5-7-18;1-12-11-24-20(21)9-14(12)3-8-19(26)18-10-17(23)13(2)25(18)29(27,28)16-6-4-15(22)5-7-16;6-4-2-10-3(1-11-4)5(7,8)9;6-5(7,8)4-3-9-1-2-10-4;;;;/h4-7,9,11-13,15,19,22H,3,8,10H2,1-2H3;4-7,9,11,13,17-18H,3,8,10H2,1-2H3;1-2H;2-3H;3*1H3;/t15-,19+,22-;13-,17+,18-;;;;;;/m00....../s1. The van der Waals surface area contributed by atoms with Gasteiger partial charge < -0.3 is 0 Å². The molecule has 5 aromatic heterocycles. The van der Waals surface area contributed by atoms with Gasteiger partial charge in [0.25, 0.3) is 0 Å². The van der Waals surface area contributed by atoms with Crippen molar-refractivity contribution in [2.45, 2.75) is 146 Å². The number of halogens is 15. The van der Waals surface area contributed by atoms with Crippen molar-refractivity contribution in [2.24, 2.45) is 0 Å². The molecule has 0 saturated carbocycles. The summed E-state index contributed by atoms with van der Waals surface area (Å²) in [4.78, 5) is 60.6. The van der Waals surface area contributed by atoms with E-state index in [-0.39, 0.29) is 64.2 Å². The van der Waals surface area contributed by atoms with Crippen molar-refractivity contribution in [1.82, 2.24) is 48.5 Å². The molecule has 2 fully saturated rings. The third kappa shape index (κ3) is 19.4. The average Bonchev–Trinajstić information content (AvgIpc) is 1.60. The van der Waals surface area contributed by atoms with Crippen LogP contribution in [-0.4, -0.2) is 132 Å². The van der Waals surface area contributed by atoms with Crippen molar-refractivity contribution >= 4 is 76.9 Å². The zero-order valence-corrected chi connectivity index (χ0v) is 55.5. The fourth-order valence-electron chi connectivity index (χ4n) is 9.25. The van der Waals surface area contributed by atoms with Gasteiger partial charge in [-0.15, -0.1) is 0 Å².